The summed E-state index contributed by atoms with van der Waals surface area (Å²) in [6, 6.07) is 0.532. The minimum Gasteiger partial charge on any atom is -0.364 e. The molecule has 0 unspecified atom stereocenters. The Hall–Kier alpha value is -1.85. The highest BCUT2D eigenvalue weighted by atomic mass is 16.5. The van der Waals surface area contributed by atoms with Crippen LogP contribution in [0.1, 0.15) is 55.3 Å². The van der Waals surface area contributed by atoms with E-state index in [1.54, 1.807) is 0 Å². The van der Waals surface area contributed by atoms with Gasteiger partial charge in [-0.1, -0.05) is 29.6 Å². The second kappa shape index (κ2) is 5.87. The molecule has 6 nitrogen and oxygen atoms in total. The van der Waals surface area contributed by atoms with Crippen LogP contribution >= 0.6 is 0 Å². The van der Waals surface area contributed by atoms with Gasteiger partial charge in [-0.25, -0.2) is 4.68 Å². The fourth-order valence-electron chi connectivity index (χ4n) is 3.26. The Morgan fingerprint density at radius 1 is 1.29 bits per heavy atom. The van der Waals surface area contributed by atoms with E-state index < -0.39 is 0 Å². The third kappa shape index (κ3) is 2.94. The smallest absolute Gasteiger partial charge is 0.157 e. The van der Waals surface area contributed by atoms with Gasteiger partial charge >= 0.3 is 0 Å². The predicted molar refractivity (Wildman–Crippen MR) is 80.2 cm³/mol. The molecule has 0 radical (unpaired) electrons. The van der Waals surface area contributed by atoms with Crippen molar-refractivity contribution in [2.45, 2.75) is 58.5 Å². The van der Waals surface area contributed by atoms with Crippen LogP contribution in [-0.4, -0.2) is 27.2 Å². The van der Waals surface area contributed by atoms with Crippen molar-refractivity contribution in [2.75, 3.05) is 11.9 Å². The van der Waals surface area contributed by atoms with Crippen LogP contribution in [0.15, 0.2) is 10.7 Å². The van der Waals surface area contributed by atoms with Crippen molar-refractivity contribution in [3.05, 3.63) is 23.3 Å². The highest BCUT2D eigenvalue weighted by Gasteiger charge is 2.18. The Labute approximate surface area is 125 Å². The maximum atomic E-state index is 5.22. The fourth-order valence-corrected chi connectivity index (χ4v) is 3.26. The minimum absolute atomic E-state index is 0.532. The number of anilines is 1. The molecule has 3 rings (SSSR count). The summed E-state index contributed by atoms with van der Waals surface area (Å²) in [6.45, 7) is 4.61. The zero-order valence-corrected chi connectivity index (χ0v) is 13.0. The maximum absolute atomic E-state index is 5.22. The quantitative estimate of drug-likeness (QED) is 0.866. The van der Waals surface area contributed by atoms with Crippen LogP contribution in [0, 0.1) is 13.8 Å². The van der Waals surface area contributed by atoms with Crippen molar-refractivity contribution >= 4 is 5.69 Å². The fraction of sp³-hybridized carbons (Fsp3) is 0.667. The highest BCUT2D eigenvalue weighted by molar-refractivity contribution is 5.52. The molecule has 2 aromatic heterocycles. The van der Waals surface area contributed by atoms with Crippen molar-refractivity contribution in [2.24, 2.45) is 0 Å². The molecule has 2 heterocycles. The van der Waals surface area contributed by atoms with Crippen LogP contribution < -0.4 is 4.90 Å². The van der Waals surface area contributed by atoms with Gasteiger partial charge in [-0.15, -0.1) is 5.10 Å². The third-order valence-corrected chi connectivity index (χ3v) is 4.28. The first-order valence-electron chi connectivity index (χ1n) is 7.70. The van der Waals surface area contributed by atoms with E-state index in [1.807, 2.05) is 20.9 Å². The molecule has 1 fully saturated rings. The van der Waals surface area contributed by atoms with Crippen LogP contribution in [0.25, 0.3) is 0 Å². The monoisotopic (exact) mass is 289 g/mol. The van der Waals surface area contributed by atoms with Gasteiger partial charge in [0.1, 0.15) is 17.1 Å². The zero-order valence-electron chi connectivity index (χ0n) is 13.0. The summed E-state index contributed by atoms with van der Waals surface area (Å²) in [6.07, 6.45) is 8.50. The zero-order chi connectivity index (χ0) is 14.8. The van der Waals surface area contributed by atoms with E-state index in [9.17, 15) is 0 Å². The Morgan fingerprint density at radius 3 is 2.71 bits per heavy atom. The van der Waals surface area contributed by atoms with Gasteiger partial charge in [0.2, 0.25) is 0 Å². The molecule has 0 amide bonds. The molecular weight excluding hydrogens is 266 g/mol. The van der Waals surface area contributed by atoms with E-state index in [-0.39, 0.29) is 0 Å². The summed E-state index contributed by atoms with van der Waals surface area (Å²) in [4.78, 5) is 2.12. The van der Waals surface area contributed by atoms with E-state index in [2.05, 4.69) is 31.2 Å². The molecule has 114 valence electrons. The molecule has 0 aromatic carbocycles. The summed E-state index contributed by atoms with van der Waals surface area (Å²) < 4.78 is 7.27. The van der Waals surface area contributed by atoms with Gasteiger partial charge in [-0.05, 0) is 26.7 Å². The number of nitrogens with zero attached hydrogens (tertiary/aromatic N) is 5. The first-order valence-corrected chi connectivity index (χ1v) is 7.70. The highest BCUT2D eigenvalue weighted by Crippen LogP contribution is 2.28. The molecule has 1 aliphatic carbocycles. The van der Waals surface area contributed by atoms with Gasteiger partial charge < -0.3 is 9.42 Å². The van der Waals surface area contributed by atoms with Gasteiger partial charge in [-0.3, -0.25) is 0 Å². The van der Waals surface area contributed by atoms with Gasteiger partial charge in [0.25, 0.3) is 0 Å². The van der Waals surface area contributed by atoms with Gasteiger partial charge in [-0.2, -0.15) is 0 Å². The molecule has 0 bridgehead atoms. The first-order chi connectivity index (χ1) is 10.1. The van der Waals surface area contributed by atoms with Gasteiger partial charge in [0.05, 0.1) is 18.8 Å². The van der Waals surface area contributed by atoms with Crippen LogP contribution in [0.4, 0.5) is 5.69 Å². The van der Waals surface area contributed by atoms with Crippen molar-refractivity contribution in [1.82, 2.24) is 20.2 Å². The van der Waals surface area contributed by atoms with Crippen LogP contribution in [0.3, 0.4) is 0 Å². The lowest BCUT2D eigenvalue weighted by Crippen LogP contribution is -2.18. The summed E-state index contributed by atoms with van der Waals surface area (Å²) >= 11 is 0. The summed E-state index contributed by atoms with van der Waals surface area (Å²) in [5, 5.41) is 12.6. The summed E-state index contributed by atoms with van der Waals surface area (Å²) in [7, 11) is 2.03. The normalized spacial score (nSPS) is 16.3. The average molecular weight is 289 g/mol. The molecule has 0 spiro atoms. The molecule has 0 aliphatic heterocycles. The van der Waals surface area contributed by atoms with Crippen molar-refractivity contribution < 1.29 is 4.52 Å². The second-order valence-electron chi connectivity index (χ2n) is 6.01. The second-order valence-corrected chi connectivity index (χ2v) is 6.01. The molecule has 0 saturated heterocycles. The number of hydrogen-bond donors (Lipinski definition) is 0. The Kier molecular flexibility index (Phi) is 3.94. The number of aryl methyl sites for hydroxylation is 2. The minimum atomic E-state index is 0.532. The molecule has 6 heteroatoms. The number of rotatable bonds is 4. The van der Waals surface area contributed by atoms with E-state index in [0.717, 1.165) is 29.4 Å². The van der Waals surface area contributed by atoms with Gasteiger partial charge in [0, 0.05) is 7.05 Å². The molecule has 0 N–H and O–H groups in total. The summed E-state index contributed by atoms with van der Waals surface area (Å²) in [5.74, 6) is 0.842. The van der Waals surface area contributed by atoms with Gasteiger partial charge in [0.15, 0.2) is 5.76 Å². The van der Waals surface area contributed by atoms with E-state index >= 15 is 0 Å². The SMILES string of the molecule is Cc1noc(C)c1N(C)Cc1cn(C2CCCCC2)nn1. The number of aromatic nitrogens is 4. The molecule has 0 atom stereocenters. The van der Waals surface area contributed by atoms with E-state index in [1.165, 1.54) is 32.1 Å². The van der Waals surface area contributed by atoms with Crippen LogP contribution in [0.2, 0.25) is 0 Å². The topological polar surface area (TPSA) is 60.0 Å². The molecule has 1 aliphatic rings. The van der Waals surface area contributed by atoms with Crippen LogP contribution in [-0.2, 0) is 6.54 Å². The third-order valence-electron chi connectivity index (χ3n) is 4.28. The van der Waals surface area contributed by atoms with Crippen molar-refractivity contribution in [3.63, 3.8) is 0 Å². The predicted octanol–water partition coefficient (Wildman–Crippen LogP) is 3.02. The molecule has 1 saturated carbocycles. The van der Waals surface area contributed by atoms with E-state index in [4.69, 9.17) is 4.52 Å². The van der Waals surface area contributed by atoms with Crippen molar-refractivity contribution in [3.8, 4) is 0 Å². The summed E-state index contributed by atoms with van der Waals surface area (Å²) in [5.41, 5.74) is 2.94. The lowest BCUT2D eigenvalue weighted by Gasteiger charge is -2.21. The molecule has 2 aromatic rings. The van der Waals surface area contributed by atoms with E-state index in [0.29, 0.717) is 6.04 Å². The maximum Gasteiger partial charge on any atom is 0.157 e. The average Bonchev–Trinajstić information content (AvgIpc) is 3.07. The first kappa shape index (κ1) is 14.1. The Bertz CT molecular complexity index is 577. The molecular formula is C15H23N5O. The molecule has 21 heavy (non-hydrogen) atoms. The Balaban J connectivity index is 1.69. The lowest BCUT2D eigenvalue weighted by molar-refractivity contribution is 0.324. The largest absolute Gasteiger partial charge is 0.364 e. The lowest BCUT2D eigenvalue weighted by atomic mass is 9.96. The van der Waals surface area contributed by atoms with Crippen LogP contribution in [0.5, 0.6) is 0 Å². The standard InChI is InChI=1S/C15H23N5O/c1-11-15(12(2)21-17-11)19(3)9-13-10-20(18-16-13)14-7-5-4-6-8-14/h10,14H,4-9H2,1-3H3. The number of hydrogen-bond acceptors (Lipinski definition) is 5. The Morgan fingerprint density at radius 2 is 2.05 bits per heavy atom. The van der Waals surface area contributed by atoms with Crippen molar-refractivity contribution in [1.29, 1.82) is 0 Å².